The standard InChI is InChI=1S/C38H27N5O/c1-23-21-27(17-19-29(23)35-39-36(41-40-35)33-15-7-11-25-9-3-5-13-31(25)33)28-18-20-30(24(2)22-28)37-42-43-38(44-37)34-16-8-12-26-10-4-6-14-32(26)34/h3-22H,1-2H3,(H,39,40,41). The van der Waals surface area contributed by atoms with Gasteiger partial charge in [0.05, 0.1) is 0 Å². The second-order valence-electron chi connectivity index (χ2n) is 11.0. The number of H-pyrrole nitrogens is 1. The summed E-state index contributed by atoms with van der Waals surface area (Å²) in [6.07, 6.45) is 0. The highest BCUT2D eigenvalue weighted by Gasteiger charge is 2.16. The zero-order chi connectivity index (χ0) is 29.6. The van der Waals surface area contributed by atoms with E-state index in [4.69, 9.17) is 4.42 Å². The quantitative estimate of drug-likeness (QED) is 0.223. The highest BCUT2D eigenvalue weighted by molar-refractivity contribution is 5.96. The van der Waals surface area contributed by atoms with E-state index in [0.29, 0.717) is 11.8 Å². The Balaban J connectivity index is 1.07. The summed E-state index contributed by atoms with van der Waals surface area (Å²) in [4.78, 5) is 3.45. The summed E-state index contributed by atoms with van der Waals surface area (Å²) in [5.41, 5.74) is 8.32. The highest BCUT2D eigenvalue weighted by atomic mass is 16.4. The minimum Gasteiger partial charge on any atom is -0.416 e. The maximum Gasteiger partial charge on any atom is 0.248 e. The SMILES string of the molecule is Cc1cc(-c2ccc(-c3nnc(-c4cccc5ccccc45)o3)c(C)c2)ccc1-c1nnc(-c2cccc3ccccc23)[nH]1. The van der Waals surface area contributed by atoms with E-state index in [0.717, 1.165) is 72.3 Å². The van der Waals surface area contributed by atoms with Crippen LogP contribution in [0.5, 0.6) is 0 Å². The van der Waals surface area contributed by atoms with Crippen molar-refractivity contribution in [2.75, 3.05) is 0 Å². The van der Waals surface area contributed by atoms with Crippen LogP contribution in [0.2, 0.25) is 0 Å². The number of hydrogen-bond acceptors (Lipinski definition) is 5. The predicted molar refractivity (Wildman–Crippen MR) is 176 cm³/mol. The maximum atomic E-state index is 6.19. The summed E-state index contributed by atoms with van der Waals surface area (Å²) in [7, 11) is 0. The lowest BCUT2D eigenvalue weighted by Gasteiger charge is -2.09. The molecule has 0 unspecified atom stereocenters. The van der Waals surface area contributed by atoms with E-state index in [9.17, 15) is 0 Å². The van der Waals surface area contributed by atoms with Crippen molar-refractivity contribution >= 4 is 21.5 Å². The zero-order valence-corrected chi connectivity index (χ0v) is 24.2. The van der Waals surface area contributed by atoms with Crippen molar-refractivity contribution in [3.05, 3.63) is 132 Å². The van der Waals surface area contributed by atoms with Crippen LogP contribution in [0.3, 0.4) is 0 Å². The molecule has 210 valence electrons. The average molecular weight is 570 g/mol. The molecule has 8 aromatic rings. The first-order chi connectivity index (χ1) is 21.6. The minimum atomic E-state index is 0.510. The summed E-state index contributed by atoms with van der Waals surface area (Å²) >= 11 is 0. The highest BCUT2D eigenvalue weighted by Crippen LogP contribution is 2.34. The van der Waals surface area contributed by atoms with Gasteiger partial charge in [-0.1, -0.05) is 109 Å². The number of aryl methyl sites for hydroxylation is 2. The molecule has 8 rings (SSSR count). The van der Waals surface area contributed by atoms with Crippen molar-refractivity contribution in [2.24, 2.45) is 0 Å². The third-order valence-electron chi connectivity index (χ3n) is 8.25. The predicted octanol–water partition coefficient (Wildman–Crippen LogP) is 9.45. The van der Waals surface area contributed by atoms with Crippen LogP contribution in [-0.4, -0.2) is 25.4 Å². The molecule has 0 aliphatic rings. The Morgan fingerprint density at radius 3 is 1.59 bits per heavy atom. The van der Waals surface area contributed by atoms with Crippen molar-refractivity contribution < 1.29 is 4.42 Å². The Hall–Kier alpha value is -5.88. The van der Waals surface area contributed by atoms with Gasteiger partial charge in [0.15, 0.2) is 11.6 Å². The van der Waals surface area contributed by atoms with Gasteiger partial charge in [0.1, 0.15) is 0 Å². The van der Waals surface area contributed by atoms with Crippen molar-refractivity contribution in [1.29, 1.82) is 0 Å². The van der Waals surface area contributed by atoms with Crippen LogP contribution in [-0.2, 0) is 0 Å². The third-order valence-corrected chi connectivity index (χ3v) is 8.25. The molecule has 0 saturated carbocycles. The number of benzene rings is 6. The number of aromatic amines is 1. The van der Waals surface area contributed by atoms with Crippen molar-refractivity contribution in [3.63, 3.8) is 0 Å². The summed E-state index contributed by atoms with van der Waals surface area (Å²) < 4.78 is 6.19. The largest absolute Gasteiger partial charge is 0.416 e. The molecule has 0 bridgehead atoms. The average Bonchev–Trinajstić information content (AvgIpc) is 3.75. The van der Waals surface area contributed by atoms with E-state index >= 15 is 0 Å². The first-order valence-corrected chi connectivity index (χ1v) is 14.6. The second kappa shape index (κ2) is 10.4. The molecule has 0 saturated heterocycles. The molecule has 0 amide bonds. The maximum absolute atomic E-state index is 6.19. The molecule has 0 fully saturated rings. The topological polar surface area (TPSA) is 80.5 Å². The number of hydrogen-bond donors (Lipinski definition) is 1. The molecule has 2 aromatic heterocycles. The van der Waals surface area contributed by atoms with Gasteiger partial charge in [-0.15, -0.1) is 20.4 Å². The number of nitrogens with one attached hydrogen (secondary N) is 1. The van der Waals surface area contributed by atoms with Crippen LogP contribution in [0.15, 0.2) is 126 Å². The molecular formula is C38H27N5O. The van der Waals surface area contributed by atoms with Crippen LogP contribution in [0, 0.1) is 13.8 Å². The van der Waals surface area contributed by atoms with Crippen LogP contribution in [0.1, 0.15) is 11.1 Å². The van der Waals surface area contributed by atoms with Crippen LogP contribution >= 0.6 is 0 Å². The molecule has 0 aliphatic heterocycles. The first-order valence-electron chi connectivity index (χ1n) is 14.6. The van der Waals surface area contributed by atoms with Gasteiger partial charge in [0.2, 0.25) is 11.8 Å². The molecule has 0 aliphatic carbocycles. The Labute approximate surface area is 254 Å². The van der Waals surface area contributed by atoms with Gasteiger partial charge < -0.3 is 9.40 Å². The molecule has 6 aromatic carbocycles. The molecule has 44 heavy (non-hydrogen) atoms. The van der Waals surface area contributed by atoms with Gasteiger partial charge in [-0.25, -0.2) is 0 Å². The normalized spacial score (nSPS) is 11.4. The zero-order valence-electron chi connectivity index (χ0n) is 24.2. The number of rotatable bonds is 5. The molecular weight excluding hydrogens is 542 g/mol. The minimum absolute atomic E-state index is 0.510. The van der Waals surface area contributed by atoms with Gasteiger partial charge in [0, 0.05) is 22.3 Å². The van der Waals surface area contributed by atoms with E-state index < -0.39 is 0 Å². The van der Waals surface area contributed by atoms with Gasteiger partial charge in [-0.3, -0.25) is 0 Å². The van der Waals surface area contributed by atoms with E-state index in [-0.39, 0.29) is 0 Å². The Bertz CT molecular complexity index is 2160. The van der Waals surface area contributed by atoms with Crippen LogP contribution in [0.25, 0.3) is 78.4 Å². The summed E-state index contributed by atoms with van der Waals surface area (Å²) in [6, 6.07) is 41.6. The Morgan fingerprint density at radius 1 is 0.455 bits per heavy atom. The summed E-state index contributed by atoms with van der Waals surface area (Å²) in [6.45, 7) is 4.18. The fraction of sp³-hybridized carbons (Fsp3) is 0.0526. The smallest absolute Gasteiger partial charge is 0.248 e. The monoisotopic (exact) mass is 569 g/mol. The molecule has 6 nitrogen and oxygen atoms in total. The van der Waals surface area contributed by atoms with Gasteiger partial charge in [-0.05, 0) is 69.8 Å². The van der Waals surface area contributed by atoms with Crippen LogP contribution in [0.4, 0.5) is 0 Å². The van der Waals surface area contributed by atoms with E-state index in [1.54, 1.807) is 0 Å². The lowest BCUT2D eigenvalue weighted by atomic mass is 9.96. The summed E-state index contributed by atoms with van der Waals surface area (Å²) in [5, 5.41) is 22.3. The lowest BCUT2D eigenvalue weighted by Crippen LogP contribution is -1.90. The Morgan fingerprint density at radius 2 is 0.955 bits per heavy atom. The molecule has 6 heteroatoms. The molecule has 1 N–H and O–H groups in total. The summed E-state index contributed by atoms with van der Waals surface area (Å²) in [5.74, 6) is 2.54. The van der Waals surface area contributed by atoms with Crippen molar-refractivity contribution in [3.8, 4) is 56.8 Å². The molecule has 0 atom stereocenters. The fourth-order valence-corrected chi connectivity index (χ4v) is 5.98. The Kier molecular flexibility index (Phi) is 6.12. The van der Waals surface area contributed by atoms with E-state index in [2.05, 4.69) is 124 Å². The fourth-order valence-electron chi connectivity index (χ4n) is 5.98. The molecule has 0 radical (unpaired) electrons. The van der Waals surface area contributed by atoms with E-state index in [1.165, 1.54) is 5.39 Å². The molecule has 2 heterocycles. The number of nitrogens with zero attached hydrogens (tertiary/aromatic N) is 4. The lowest BCUT2D eigenvalue weighted by molar-refractivity contribution is 0.585. The first kappa shape index (κ1) is 25.8. The van der Waals surface area contributed by atoms with Crippen LogP contribution < -0.4 is 0 Å². The van der Waals surface area contributed by atoms with Crippen molar-refractivity contribution in [1.82, 2.24) is 25.4 Å². The van der Waals surface area contributed by atoms with Gasteiger partial charge in [-0.2, -0.15) is 0 Å². The molecule has 0 spiro atoms. The van der Waals surface area contributed by atoms with E-state index in [1.807, 2.05) is 36.4 Å². The second-order valence-corrected chi connectivity index (χ2v) is 11.0. The van der Waals surface area contributed by atoms with Gasteiger partial charge in [0.25, 0.3) is 0 Å². The third kappa shape index (κ3) is 4.44. The van der Waals surface area contributed by atoms with Gasteiger partial charge >= 0.3 is 0 Å². The van der Waals surface area contributed by atoms with Crippen molar-refractivity contribution in [2.45, 2.75) is 13.8 Å². The number of fused-ring (bicyclic) bond motifs is 2. The number of aromatic nitrogens is 5.